The average molecular weight is 364 g/mol. The first kappa shape index (κ1) is 17.6. The number of carbonyl (C=O) groups is 1. The quantitative estimate of drug-likeness (QED) is 0.795. The van der Waals surface area contributed by atoms with Gasteiger partial charge in [0.1, 0.15) is 10.6 Å². The van der Waals surface area contributed by atoms with E-state index in [0.717, 1.165) is 5.56 Å². The molecule has 0 radical (unpaired) electrons. The first-order valence-corrected chi connectivity index (χ1v) is 9.43. The van der Waals surface area contributed by atoms with E-state index in [1.807, 2.05) is 0 Å². The van der Waals surface area contributed by atoms with Crippen molar-refractivity contribution in [2.75, 3.05) is 26.2 Å². The highest BCUT2D eigenvalue weighted by Crippen LogP contribution is 2.24. The van der Waals surface area contributed by atoms with Crippen LogP contribution in [-0.2, 0) is 21.2 Å². The number of amides is 1. The molecule has 0 bridgehead atoms. The van der Waals surface area contributed by atoms with Crippen molar-refractivity contribution in [1.82, 2.24) is 19.3 Å². The fraction of sp³-hybridized carbons (Fsp3) is 0.438. The lowest BCUT2D eigenvalue weighted by atomic mass is 10.2. The van der Waals surface area contributed by atoms with E-state index < -0.39 is 10.0 Å². The highest BCUT2D eigenvalue weighted by atomic mass is 32.2. The van der Waals surface area contributed by atoms with Crippen LogP contribution in [0.15, 0.2) is 33.9 Å². The average Bonchev–Trinajstić information content (AvgIpc) is 2.95. The minimum absolute atomic E-state index is 0.0133. The predicted octanol–water partition coefficient (Wildman–Crippen LogP) is 0.762. The van der Waals surface area contributed by atoms with Crippen LogP contribution in [0.4, 0.5) is 0 Å². The third-order valence-corrected chi connectivity index (χ3v) is 6.41. The van der Waals surface area contributed by atoms with Crippen LogP contribution in [0.5, 0.6) is 0 Å². The SMILES string of the molecule is Cc1noc(C)c1S(=O)(=O)N1CCN(C(=O)Cc2ccncc2)CC1. The van der Waals surface area contributed by atoms with Gasteiger partial charge >= 0.3 is 0 Å². The zero-order valence-corrected chi connectivity index (χ0v) is 15.0. The summed E-state index contributed by atoms with van der Waals surface area (Å²) in [6, 6.07) is 3.60. The van der Waals surface area contributed by atoms with Crippen molar-refractivity contribution in [1.29, 1.82) is 0 Å². The van der Waals surface area contributed by atoms with Crippen molar-refractivity contribution >= 4 is 15.9 Å². The van der Waals surface area contributed by atoms with Crippen LogP contribution in [0.1, 0.15) is 17.0 Å². The molecule has 134 valence electrons. The number of hydrogen-bond donors (Lipinski definition) is 0. The molecule has 1 fully saturated rings. The van der Waals surface area contributed by atoms with E-state index >= 15 is 0 Å². The number of pyridine rings is 1. The van der Waals surface area contributed by atoms with Crippen LogP contribution >= 0.6 is 0 Å². The summed E-state index contributed by atoms with van der Waals surface area (Å²) in [6.45, 7) is 4.45. The van der Waals surface area contributed by atoms with E-state index in [9.17, 15) is 13.2 Å². The summed E-state index contributed by atoms with van der Waals surface area (Å²) >= 11 is 0. The van der Waals surface area contributed by atoms with Gasteiger partial charge in [0.2, 0.25) is 15.9 Å². The zero-order chi connectivity index (χ0) is 18.0. The smallest absolute Gasteiger partial charge is 0.248 e. The van der Waals surface area contributed by atoms with Gasteiger partial charge in [0.05, 0.1) is 6.42 Å². The number of aryl methyl sites for hydroxylation is 2. The Morgan fingerprint density at radius 2 is 1.80 bits per heavy atom. The number of rotatable bonds is 4. The number of hydrogen-bond acceptors (Lipinski definition) is 6. The Morgan fingerprint density at radius 1 is 1.16 bits per heavy atom. The van der Waals surface area contributed by atoms with Gasteiger partial charge in [-0.15, -0.1) is 0 Å². The van der Waals surface area contributed by atoms with Gasteiger partial charge in [0.25, 0.3) is 0 Å². The van der Waals surface area contributed by atoms with Gasteiger partial charge in [-0.3, -0.25) is 9.78 Å². The van der Waals surface area contributed by atoms with Crippen LogP contribution in [0.3, 0.4) is 0 Å². The fourth-order valence-corrected chi connectivity index (χ4v) is 4.65. The number of carbonyl (C=O) groups excluding carboxylic acids is 1. The molecule has 0 unspecified atom stereocenters. The Morgan fingerprint density at radius 3 is 2.36 bits per heavy atom. The van der Waals surface area contributed by atoms with E-state index in [-0.39, 0.29) is 29.7 Å². The van der Waals surface area contributed by atoms with Crippen LogP contribution in [0.2, 0.25) is 0 Å². The number of piperazine rings is 1. The molecule has 1 saturated heterocycles. The van der Waals surface area contributed by atoms with Crippen molar-refractivity contribution in [2.45, 2.75) is 25.2 Å². The summed E-state index contributed by atoms with van der Waals surface area (Å²) in [6.07, 6.45) is 3.59. The number of nitrogens with zero attached hydrogens (tertiary/aromatic N) is 4. The predicted molar refractivity (Wildman–Crippen MR) is 89.3 cm³/mol. The lowest BCUT2D eigenvalue weighted by Gasteiger charge is -2.34. The molecular weight excluding hydrogens is 344 g/mol. The first-order valence-electron chi connectivity index (χ1n) is 7.99. The van der Waals surface area contributed by atoms with Gasteiger partial charge in [0, 0.05) is 38.6 Å². The molecule has 0 N–H and O–H groups in total. The maximum atomic E-state index is 12.8. The van der Waals surface area contributed by atoms with Crippen molar-refractivity contribution in [2.24, 2.45) is 0 Å². The Bertz CT molecular complexity index is 836. The van der Waals surface area contributed by atoms with E-state index in [0.29, 0.717) is 25.2 Å². The lowest BCUT2D eigenvalue weighted by Crippen LogP contribution is -2.51. The Labute approximate surface area is 146 Å². The number of aromatic nitrogens is 2. The number of sulfonamides is 1. The second-order valence-corrected chi connectivity index (χ2v) is 7.85. The highest BCUT2D eigenvalue weighted by Gasteiger charge is 2.34. The zero-order valence-electron chi connectivity index (χ0n) is 14.2. The van der Waals surface area contributed by atoms with Gasteiger partial charge in [-0.05, 0) is 31.5 Å². The van der Waals surface area contributed by atoms with Gasteiger partial charge in [-0.2, -0.15) is 4.31 Å². The summed E-state index contributed by atoms with van der Waals surface area (Å²) in [5.41, 5.74) is 1.25. The maximum absolute atomic E-state index is 12.8. The highest BCUT2D eigenvalue weighted by molar-refractivity contribution is 7.89. The molecule has 2 aromatic heterocycles. The molecular formula is C16H20N4O4S. The van der Waals surface area contributed by atoms with Crippen molar-refractivity contribution in [3.63, 3.8) is 0 Å². The lowest BCUT2D eigenvalue weighted by molar-refractivity contribution is -0.131. The molecule has 0 aliphatic carbocycles. The molecule has 8 nitrogen and oxygen atoms in total. The first-order chi connectivity index (χ1) is 11.9. The van der Waals surface area contributed by atoms with E-state index in [1.54, 1.807) is 43.3 Å². The van der Waals surface area contributed by atoms with Gasteiger partial charge in [0.15, 0.2) is 5.76 Å². The molecule has 25 heavy (non-hydrogen) atoms. The van der Waals surface area contributed by atoms with E-state index in [1.165, 1.54) is 4.31 Å². The molecule has 1 amide bonds. The van der Waals surface area contributed by atoms with Crippen molar-refractivity contribution in [3.05, 3.63) is 41.5 Å². The van der Waals surface area contributed by atoms with Crippen LogP contribution < -0.4 is 0 Å². The third kappa shape index (κ3) is 3.57. The molecule has 0 aromatic carbocycles. The van der Waals surface area contributed by atoms with Gasteiger partial charge in [-0.25, -0.2) is 8.42 Å². The summed E-state index contributed by atoms with van der Waals surface area (Å²) in [5, 5.41) is 3.72. The molecule has 3 rings (SSSR count). The molecule has 9 heteroatoms. The summed E-state index contributed by atoms with van der Waals surface area (Å²) in [4.78, 5) is 18.1. The summed E-state index contributed by atoms with van der Waals surface area (Å²) in [7, 11) is -3.66. The summed E-state index contributed by atoms with van der Waals surface area (Å²) in [5.74, 6) is 0.272. The van der Waals surface area contributed by atoms with Crippen LogP contribution in [0.25, 0.3) is 0 Å². The topological polar surface area (TPSA) is 96.6 Å². The fourth-order valence-electron chi connectivity index (χ4n) is 2.94. The van der Waals surface area contributed by atoms with Gasteiger partial charge in [-0.1, -0.05) is 5.16 Å². The largest absolute Gasteiger partial charge is 0.360 e. The molecule has 3 heterocycles. The maximum Gasteiger partial charge on any atom is 0.248 e. The summed E-state index contributed by atoms with van der Waals surface area (Å²) < 4.78 is 31.9. The van der Waals surface area contributed by atoms with E-state index in [2.05, 4.69) is 10.1 Å². The minimum Gasteiger partial charge on any atom is -0.360 e. The normalized spacial score (nSPS) is 16.2. The van der Waals surface area contributed by atoms with E-state index in [4.69, 9.17) is 4.52 Å². The monoisotopic (exact) mass is 364 g/mol. The second kappa shape index (κ2) is 6.93. The van der Waals surface area contributed by atoms with Crippen LogP contribution in [0, 0.1) is 13.8 Å². The molecule has 0 saturated carbocycles. The van der Waals surface area contributed by atoms with Crippen molar-refractivity contribution < 1.29 is 17.7 Å². The molecule has 2 aromatic rings. The molecule has 0 atom stereocenters. The third-order valence-electron chi connectivity index (χ3n) is 4.26. The standard InChI is InChI=1S/C16H20N4O4S/c1-12-16(13(2)24-18-12)25(22,23)20-9-7-19(8-10-20)15(21)11-14-3-5-17-6-4-14/h3-6H,7-11H2,1-2H3. The minimum atomic E-state index is -3.66. The molecule has 1 aliphatic rings. The Hall–Kier alpha value is -2.26. The Kier molecular flexibility index (Phi) is 4.87. The molecule has 1 aliphatic heterocycles. The second-order valence-electron chi connectivity index (χ2n) is 5.97. The Balaban J connectivity index is 1.65. The molecule has 0 spiro atoms. The van der Waals surface area contributed by atoms with Crippen LogP contribution in [-0.4, -0.2) is 59.8 Å². The van der Waals surface area contributed by atoms with Gasteiger partial charge < -0.3 is 9.42 Å². The van der Waals surface area contributed by atoms with Crippen molar-refractivity contribution in [3.8, 4) is 0 Å².